The minimum absolute atomic E-state index is 0.0291. The van der Waals surface area contributed by atoms with Crippen LogP contribution in [0.25, 0.3) is 0 Å². The van der Waals surface area contributed by atoms with Crippen molar-refractivity contribution in [2.24, 2.45) is 20.0 Å². The maximum atomic E-state index is 12.2. The van der Waals surface area contributed by atoms with Gasteiger partial charge in [0.25, 0.3) is 0 Å². The van der Waals surface area contributed by atoms with Crippen LogP contribution in [0.15, 0.2) is 29.1 Å². The van der Waals surface area contributed by atoms with Crippen LogP contribution in [-0.2, 0) is 25.3 Å². The summed E-state index contributed by atoms with van der Waals surface area (Å²) in [4.78, 5) is 24.1. The molecule has 1 aliphatic carbocycles. The molecule has 1 aliphatic rings. The van der Waals surface area contributed by atoms with E-state index in [-0.39, 0.29) is 23.4 Å². The van der Waals surface area contributed by atoms with Gasteiger partial charge in [-0.15, -0.1) is 0 Å². The number of carbonyl (C=O) groups excluding carboxylic acids is 1. The van der Waals surface area contributed by atoms with E-state index in [1.807, 2.05) is 31.2 Å². The molecule has 0 bridgehead atoms. The molecule has 7 nitrogen and oxygen atoms in total. The third-order valence-corrected chi connectivity index (χ3v) is 5.19. The van der Waals surface area contributed by atoms with E-state index >= 15 is 0 Å². The molecule has 140 valence electrons. The number of carbonyl (C=O) groups is 1. The maximum Gasteiger partial charge on any atom is 0.345 e. The number of benzene rings is 1. The van der Waals surface area contributed by atoms with Gasteiger partial charge in [-0.2, -0.15) is 5.10 Å². The summed E-state index contributed by atoms with van der Waals surface area (Å²) in [6.45, 7) is 2.43. The average Bonchev–Trinajstić information content (AvgIpc) is 3.08. The standard InChI is InChI=1S/C19H26N4O3/c1-12-5-4-6-13(7-12)8-17(25)20-11-15-9-14(10-16(15)24)18-21-23(3)19(26)22(18)2/h4-7,14-16,24H,8-11H2,1-3H3,(H,20,25)/t14-,15+,16+/m0/s1. The largest absolute Gasteiger partial charge is 0.393 e. The first-order valence-electron chi connectivity index (χ1n) is 8.95. The summed E-state index contributed by atoms with van der Waals surface area (Å²) in [6, 6.07) is 7.89. The Kier molecular flexibility index (Phi) is 5.27. The minimum atomic E-state index is -0.503. The summed E-state index contributed by atoms with van der Waals surface area (Å²) in [6.07, 6.45) is 1.10. The van der Waals surface area contributed by atoms with Crippen molar-refractivity contribution in [1.82, 2.24) is 19.7 Å². The number of nitrogens with zero attached hydrogens (tertiary/aromatic N) is 3. The molecule has 3 rings (SSSR count). The Labute approximate surface area is 152 Å². The number of aliphatic hydroxyl groups excluding tert-OH is 1. The van der Waals surface area contributed by atoms with E-state index in [1.54, 1.807) is 14.1 Å². The zero-order chi connectivity index (χ0) is 18.8. The third kappa shape index (κ3) is 3.88. The molecule has 2 N–H and O–H groups in total. The van der Waals surface area contributed by atoms with Crippen LogP contribution in [-0.4, -0.2) is 38.0 Å². The fourth-order valence-corrected chi connectivity index (χ4v) is 3.78. The van der Waals surface area contributed by atoms with Gasteiger partial charge in [-0.3, -0.25) is 9.36 Å². The fraction of sp³-hybridized carbons (Fsp3) is 0.526. The van der Waals surface area contributed by atoms with E-state index in [0.717, 1.165) is 11.1 Å². The molecular formula is C19H26N4O3. The second kappa shape index (κ2) is 7.45. The highest BCUT2D eigenvalue weighted by Gasteiger charge is 2.36. The van der Waals surface area contributed by atoms with Gasteiger partial charge in [0.1, 0.15) is 5.82 Å². The van der Waals surface area contributed by atoms with E-state index in [4.69, 9.17) is 0 Å². The average molecular weight is 358 g/mol. The van der Waals surface area contributed by atoms with Gasteiger partial charge < -0.3 is 10.4 Å². The van der Waals surface area contributed by atoms with Gasteiger partial charge in [0, 0.05) is 32.5 Å². The highest BCUT2D eigenvalue weighted by atomic mass is 16.3. The normalized spacial score (nSPS) is 22.5. The molecule has 26 heavy (non-hydrogen) atoms. The molecule has 7 heteroatoms. The van der Waals surface area contributed by atoms with Gasteiger partial charge >= 0.3 is 5.69 Å². The van der Waals surface area contributed by atoms with Crippen molar-refractivity contribution in [3.8, 4) is 0 Å². The Morgan fingerprint density at radius 1 is 1.35 bits per heavy atom. The van der Waals surface area contributed by atoms with Crippen molar-refractivity contribution in [1.29, 1.82) is 0 Å². The summed E-state index contributed by atoms with van der Waals surface area (Å²) in [7, 11) is 3.33. The van der Waals surface area contributed by atoms with E-state index in [1.165, 1.54) is 9.25 Å². The predicted molar refractivity (Wildman–Crippen MR) is 97.8 cm³/mol. The quantitative estimate of drug-likeness (QED) is 0.821. The second-order valence-corrected chi connectivity index (χ2v) is 7.29. The molecule has 1 fully saturated rings. The predicted octanol–water partition coefficient (Wildman–Crippen LogP) is 0.641. The SMILES string of the molecule is Cc1cccc(CC(=O)NC[C@H]2C[C@H](c3nn(C)c(=O)n3C)C[C@H]2O)c1. The van der Waals surface area contributed by atoms with Gasteiger partial charge in [0.2, 0.25) is 5.91 Å². The Morgan fingerprint density at radius 2 is 2.12 bits per heavy atom. The Bertz CT molecular complexity index is 855. The van der Waals surface area contributed by atoms with Crippen LogP contribution >= 0.6 is 0 Å². The molecule has 1 amide bonds. The lowest BCUT2D eigenvalue weighted by molar-refractivity contribution is -0.120. The zero-order valence-corrected chi connectivity index (χ0v) is 15.5. The summed E-state index contributed by atoms with van der Waals surface area (Å²) in [5, 5.41) is 17.6. The highest BCUT2D eigenvalue weighted by molar-refractivity contribution is 5.78. The first-order chi connectivity index (χ1) is 12.3. The van der Waals surface area contributed by atoms with Crippen molar-refractivity contribution in [2.75, 3.05) is 6.54 Å². The van der Waals surface area contributed by atoms with Gasteiger partial charge in [-0.05, 0) is 25.3 Å². The van der Waals surface area contributed by atoms with Crippen LogP contribution in [0.3, 0.4) is 0 Å². The van der Waals surface area contributed by atoms with Crippen LogP contribution in [0, 0.1) is 12.8 Å². The molecule has 2 aromatic rings. The molecule has 3 atom stereocenters. The van der Waals surface area contributed by atoms with Gasteiger partial charge in [0.05, 0.1) is 12.5 Å². The number of nitrogens with one attached hydrogen (secondary N) is 1. The van der Waals surface area contributed by atoms with Crippen LogP contribution in [0.2, 0.25) is 0 Å². The summed E-state index contributed by atoms with van der Waals surface area (Å²) >= 11 is 0. The van der Waals surface area contributed by atoms with Crippen LogP contribution < -0.4 is 11.0 Å². The number of rotatable bonds is 5. The zero-order valence-electron chi connectivity index (χ0n) is 15.5. The van der Waals surface area contributed by atoms with Gasteiger partial charge in [-0.25, -0.2) is 9.48 Å². The molecular weight excluding hydrogens is 332 g/mol. The highest BCUT2D eigenvalue weighted by Crippen LogP contribution is 2.37. The number of aliphatic hydroxyl groups is 1. The molecule has 0 spiro atoms. The van der Waals surface area contributed by atoms with Crippen LogP contribution in [0.5, 0.6) is 0 Å². The molecule has 1 heterocycles. The number of aryl methyl sites for hydroxylation is 2. The van der Waals surface area contributed by atoms with E-state index in [2.05, 4.69) is 10.4 Å². The number of amides is 1. The lowest BCUT2D eigenvalue weighted by Gasteiger charge is -2.15. The molecule has 1 aromatic heterocycles. The van der Waals surface area contributed by atoms with Gasteiger partial charge in [-0.1, -0.05) is 29.8 Å². The molecule has 0 unspecified atom stereocenters. The monoisotopic (exact) mass is 358 g/mol. The smallest absolute Gasteiger partial charge is 0.345 e. The molecule has 1 saturated carbocycles. The Hall–Kier alpha value is -2.41. The molecule has 0 aliphatic heterocycles. The summed E-state index contributed by atoms with van der Waals surface area (Å²) in [5.74, 6) is 0.655. The first-order valence-corrected chi connectivity index (χ1v) is 8.95. The van der Waals surface area contributed by atoms with Crippen molar-refractivity contribution in [2.45, 2.75) is 38.2 Å². The third-order valence-electron chi connectivity index (χ3n) is 5.19. The fourth-order valence-electron chi connectivity index (χ4n) is 3.78. The summed E-state index contributed by atoms with van der Waals surface area (Å²) in [5.41, 5.74) is 1.95. The lowest BCUT2D eigenvalue weighted by Crippen LogP contribution is -2.33. The van der Waals surface area contributed by atoms with Crippen LogP contribution in [0.4, 0.5) is 0 Å². The number of hydrogen-bond donors (Lipinski definition) is 2. The number of aromatic nitrogens is 3. The maximum absolute atomic E-state index is 12.2. The second-order valence-electron chi connectivity index (χ2n) is 7.29. The van der Waals surface area contributed by atoms with Crippen molar-refractivity contribution >= 4 is 5.91 Å². The van der Waals surface area contributed by atoms with E-state index in [9.17, 15) is 14.7 Å². The summed E-state index contributed by atoms with van der Waals surface area (Å²) < 4.78 is 2.86. The minimum Gasteiger partial charge on any atom is -0.393 e. The molecule has 1 aromatic carbocycles. The van der Waals surface area contributed by atoms with E-state index in [0.29, 0.717) is 31.6 Å². The van der Waals surface area contributed by atoms with Crippen molar-refractivity contribution < 1.29 is 9.90 Å². The van der Waals surface area contributed by atoms with Crippen molar-refractivity contribution in [3.05, 3.63) is 51.7 Å². The van der Waals surface area contributed by atoms with E-state index < -0.39 is 6.10 Å². The topological polar surface area (TPSA) is 89.2 Å². The number of hydrogen-bond acceptors (Lipinski definition) is 4. The first kappa shape index (κ1) is 18.4. The molecule has 0 radical (unpaired) electrons. The lowest BCUT2D eigenvalue weighted by atomic mass is 10.0. The Morgan fingerprint density at radius 3 is 2.77 bits per heavy atom. The molecule has 0 saturated heterocycles. The van der Waals surface area contributed by atoms with Crippen LogP contribution in [0.1, 0.15) is 35.7 Å². The Balaban J connectivity index is 1.56. The van der Waals surface area contributed by atoms with Crippen molar-refractivity contribution in [3.63, 3.8) is 0 Å². The van der Waals surface area contributed by atoms with Gasteiger partial charge in [0.15, 0.2) is 0 Å².